The molecular weight excluding hydrogens is 567 g/mol. The molecular formula is C41H25N3S. The molecule has 4 aromatic heterocycles. The van der Waals surface area contributed by atoms with Crippen molar-refractivity contribution in [3.05, 3.63) is 152 Å². The number of rotatable bonds is 3. The molecule has 0 aliphatic heterocycles. The fourth-order valence-electron chi connectivity index (χ4n) is 7.24. The Balaban J connectivity index is 1.35. The maximum absolute atomic E-state index is 4.93. The summed E-state index contributed by atoms with van der Waals surface area (Å²) in [5, 5.41) is 7.48. The smallest absolute Gasteiger partial charge is 0.145 e. The van der Waals surface area contributed by atoms with Crippen LogP contribution >= 0.6 is 11.3 Å². The summed E-state index contributed by atoms with van der Waals surface area (Å²) in [5.41, 5.74) is 9.15. The molecule has 10 rings (SSSR count). The molecule has 0 atom stereocenters. The van der Waals surface area contributed by atoms with Crippen LogP contribution in [0.5, 0.6) is 0 Å². The van der Waals surface area contributed by atoms with Crippen molar-refractivity contribution >= 4 is 75.3 Å². The molecule has 45 heavy (non-hydrogen) atoms. The van der Waals surface area contributed by atoms with E-state index in [2.05, 4.69) is 149 Å². The zero-order valence-electron chi connectivity index (χ0n) is 24.2. The van der Waals surface area contributed by atoms with Crippen LogP contribution < -0.4 is 0 Å². The van der Waals surface area contributed by atoms with Crippen molar-refractivity contribution in [3.8, 4) is 22.5 Å². The Bertz CT molecular complexity index is 2540. The summed E-state index contributed by atoms with van der Waals surface area (Å²) < 4.78 is 7.37. The van der Waals surface area contributed by atoms with E-state index in [-0.39, 0.29) is 0 Å². The zero-order chi connectivity index (χ0) is 29.5. The van der Waals surface area contributed by atoms with Gasteiger partial charge in [-0.3, -0.25) is 4.57 Å². The summed E-state index contributed by atoms with van der Waals surface area (Å²) in [6, 6.07) is 52.8. The molecule has 0 amide bonds. The first kappa shape index (κ1) is 24.7. The van der Waals surface area contributed by atoms with E-state index in [4.69, 9.17) is 4.98 Å². The van der Waals surface area contributed by atoms with Gasteiger partial charge in [-0.2, -0.15) is 0 Å². The van der Waals surface area contributed by atoms with Gasteiger partial charge in [0, 0.05) is 53.6 Å². The first-order valence-electron chi connectivity index (χ1n) is 15.2. The maximum Gasteiger partial charge on any atom is 0.145 e. The van der Waals surface area contributed by atoms with Gasteiger partial charge in [-0.1, -0.05) is 91.0 Å². The first-order chi connectivity index (χ1) is 22.3. The van der Waals surface area contributed by atoms with Crippen LogP contribution in [-0.4, -0.2) is 14.1 Å². The number of hydrogen-bond acceptors (Lipinski definition) is 2. The monoisotopic (exact) mass is 591 g/mol. The molecule has 0 saturated heterocycles. The van der Waals surface area contributed by atoms with E-state index in [1.54, 1.807) is 0 Å². The second-order valence-electron chi connectivity index (χ2n) is 11.6. The van der Waals surface area contributed by atoms with Gasteiger partial charge < -0.3 is 4.57 Å². The standard InChI is InChI=1S/C41H25N3S/c1-5-18-36-30(11-1)31-12-2-6-19-37(31)43(36)27-23-26(29-15-9-16-34-33-14-4-8-21-39(33)45-40(29)34)24-28(25-27)44-38-20-7-3-13-32(38)35-17-10-22-42-41(35)44/h1-25H. The maximum atomic E-state index is 4.93. The Hall–Kier alpha value is -5.71. The predicted octanol–water partition coefficient (Wildman–Crippen LogP) is 11.3. The number of fused-ring (bicyclic) bond motifs is 9. The van der Waals surface area contributed by atoms with Crippen LogP contribution in [-0.2, 0) is 0 Å². The quantitative estimate of drug-likeness (QED) is 0.200. The Morgan fingerprint density at radius 1 is 0.444 bits per heavy atom. The lowest BCUT2D eigenvalue weighted by Gasteiger charge is -2.16. The number of hydrogen-bond donors (Lipinski definition) is 0. The largest absolute Gasteiger partial charge is 0.309 e. The van der Waals surface area contributed by atoms with Gasteiger partial charge in [-0.15, -0.1) is 11.3 Å². The summed E-state index contributed by atoms with van der Waals surface area (Å²) in [6.07, 6.45) is 1.90. The summed E-state index contributed by atoms with van der Waals surface area (Å²) in [6.45, 7) is 0. The van der Waals surface area contributed by atoms with Crippen LogP contribution in [0.3, 0.4) is 0 Å². The third kappa shape index (κ3) is 3.54. The molecule has 0 aliphatic carbocycles. The van der Waals surface area contributed by atoms with Gasteiger partial charge >= 0.3 is 0 Å². The van der Waals surface area contributed by atoms with Gasteiger partial charge in [0.05, 0.1) is 22.2 Å². The highest BCUT2D eigenvalue weighted by atomic mass is 32.1. The normalized spacial score (nSPS) is 12.0. The van der Waals surface area contributed by atoms with Crippen molar-refractivity contribution in [3.63, 3.8) is 0 Å². The average Bonchev–Trinajstić information content (AvgIpc) is 3.76. The Morgan fingerprint density at radius 2 is 1.00 bits per heavy atom. The molecule has 0 N–H and O–H groups in total. The van der Waals surface area contributed by atoms with E-state index in [1.165, 1.54) is 58.5 Å². The molecule has 10 aromatic rings. The van der Waals surface area contributed by atoms with Crippen molar-refractivity contribution < 1.29 is 0 Å². The highest BCUT2D eigenvalue weighted by Gasteiger charge is 2.19. The van der Waals surface area contributed by atoms with E-state index in [0.717, 1.165) is 27.9 Å². The Kier molecular flexibility index (Phi) is 5.16. The molecule has 0 unspecified atom stereocenters. The van der Waals surface area contributed by atoms with Crippen molar-refractivity contribution in [2.75, 3.05) is 0 Å². The van der Waals surface area contributed by atoms with Crippen molar-refractivity contribution in [1.82, 2.24) is 14.1 Å². The predicted molar refractivity (Wildman–Crippen MR) is 191 cm³/mol. The Labute approximate surface area is 262 Å². The number of para-hydroxylation sites is 3. The fraction of sp³-hybridized carbons (Fsp3) is 0. The topological polar surface area (TPSA) is 22.8 Å². The van der Waals surface area contributed by atoms with Crippen LogP contribution in [0, 0.1) is 0 Å². The van der Waals surface area contributed by atoms with Crippen LogP contribution in [0.1, 0.15) is 0 Å². The average molecular weight is 592 g/mol. The third-order valence-corrected chi connectivity index (χ3v) is 10.4. The van der Waals surface area contributed by atoms with E-state index in [1.807, 2.05) is 23.6 Å². The lowest BCUT2D eigenvalue weighted by Crippen LogP contribution is -2.00. The molecule has 0 fully saturated rings. The summed E-state index contributed by atoms with van der Waals surface area (Å²) >= 11 is 1.87. The second-order valence-corrected chi connectivity index (χ2v) is 12.7. The molecule has 0 spiro atoms. The van der Waals surface area contributed by atoms with Gasteiger partial charge in [0.15, 0.2) is 0 Å². The third-order valence-electron chi connectivity index (χ3n) is 9.15. The van der Waals surface area contributed by atoms with Gasteiger partial charge in [0.1, 0.15) is 5.65 Å². The number of aromatic nitrogens is 3. The lowest BCUT2D eigenvalue weighted by atomic mass is 10.0. The molecule has 0 aliphatic rings. The van der Waals surface area contributed by atoms with Crippen molar-refractivity contribution in [1.29, 1.82) is 0 Å². The molecule has 0 bridgehead atoms. The molecule has 4 heterocycles. The highest BCUT2D eigenvalue weighted by molar-refractivity contribution is 7.26. The first-order valence-corrected chi connectivity index (χ1v) is 16.0. The van der Waals surface area contributed by atoms with Gasteiger partial charge in [-0.05, 0) is 65.7 Å². The van der Waals surface area contributed by atoms with Gasteiger partial charge in [0.2, 0.25) is 0 Å². The number of pyridine rings is 1. The van der Waals surface area contributed by atoms with Gasteiger partial charge in [0.25, 0.3) is 0 Å². The van der Waals surface area contributed by atoms with E-state index < -0.39 is 0 Å². The summed E-state index contributed by atoms with van der Waals surface area (Å²) in [5.74, 6) is 0. The molecule has 3 nitrogen and oxygen atoms in total. The van der Waals surface area contributed by atoms with Crippen LogP contribution in [0.2, 0.25) is 0 Å². The molecule has 6 aromatic carbocycles. The minimum absolute atomic E-state index is 0.962. The number of benzene rings is 6. The number of thiophene rings is 1. The van der Waals surface area contributed by atoms with Crippen LogP contribution in [0.15, 0.2) is 152 Å². The lowest BCUT2D eigenvalue weighted by molar-refractivity contribution is 1.11. The van der Waals surface area contributed by atoms with Crippen molar-refractivity contribution in [2.24, 2.45) is 0 Å². The Morgan fingerprint density at radius 3 is 1.73 bits per heavy atom. The highest BCUT2D eigenvalue weighted by Crippen LogP contribution is 2.42. The van der Waals surface area contributed by atoms with E-state index in [0.29, 0.717) is 0 Å². The zero-order valence-corrected chi connectivity index (χ0v) is 25.0. The second kappa shape index (κ2) is 9.39. The molecule has 210 valence electrons. The minimum Gasteiger partial charge on any atom is -0.309 e. The molecule has 0 radical (unpaired) electrons. The molecule has 4 heteroatoms. The van der Waals surface area contributed by atoms with Crippen molar-refractivity contribution in [2.45, 2.75) is 0 Å². The van der Waals surface area contributed by atoms with E-state index in [9.17, 15) is 0 Å². The molecule has 0 saturated carbocycles. The number of nitrogens with zero attached hydrogens (tertiary/aromatic N) is 3. The summed E-state index contributed by atoms with van der Waals surface area (Å²) in [7, 11) is 0. The van der Waals surface area contributed by atoms with Gasteiger partial charge in [-0.25, -0.2) is 4.98 Å². The van der Waals surface area contributed by atoms with Crippen LogP contribution in [0.25, 0.3) is 86.4 Å². The SMILES string of the molecule is c1ccc2c(c1)sc1c(-c3cc(-n4c5ccccc5c5ccccc54)cc(-n4c5ccccc5c5cccnc54)c3)cccc12. The summed E-state index contributed by atoms with van der Waals surface area (Å²) in [4.78, 5) is 4.93. The fourth-order valence-corrected chi connectivity index (χ4v) is 8.48. The minimum atomic E-state index is 0.962. The van der Waals surface area contributed by atoms with Crippen LogP contribution in [0.4, 0.5) is 0 Å². The van der Waals surface area contributed by atoms with E-state index >= 15 is 0 Å².